The minimum absolute atomic E-state index is 0.293. The zero-order valence-corrected chi connectivity index (χ0v) is 13.1. The summed E-state index contributed by atoms with van der Waals surface area (Å²) in [7, 11) is 0. The van der Waals surface area contributed by atoms with Gasteiger partial charge in [-0.25, -0.2) is 14.4 Å². The van der Waals surface area contributed by atoms with E-state index in [4.69, 9.17) is 11.6 Å². The van der Waals surface area contributed by atoms with Gasteiger partial charge in [0.1, 0.15) is 22.6 Å². The van der Waals surface area contributed by atoms with Gasteiger partial charge in [0, 0.05) is 16.0 Å². The van der Waals surface area contributed by atoms with Gasteiger partial charge in [-0.15, -0.1) is 0 Å². The van der Waals surface area contributed by atoms with E-state index in [-0.39, 0.29) is 5.82 Å². The first kappa shape index (κ1) is 13.8. The number of rotatable bonds is 3. The molecule has 1 aliphatic rings. The Bertz CT molecular complexity index is 674. The lowest BCUT2D eigenvalue weighted by molar-refractivity contribution is 0.627. The molecule has 0 spiro atoms. The van der Waals surface area contributed by atoms with Gasteiger partial charge >= 0.3 is 0 Å². The van der Waals surface area contributed by atoms with Gasteiger partial charge in [-0.2, -0.15) is 0 Å². The summed E-state index contributed by atoms with van der Waals surface area (Å²) in [4.78, 5) is 8.85. The van der Waals surface area contributed by atoms with Crippen LogP contribution < -0.4 is 5.32 Å². The third kappa shape index (κ3) is 2.79. The van der Waals surface area contributed by atoms with Crippen LogP contribution in [0.15, 0.2) is 22.7 Å². The molecule has 1 N–H and O–H groups in total. The van der Waals surface area contributed by atoms with E-state index in [1.165, 1.54) is 12.1 Å². The summed E-state index contributed by atoms with van der Waals surface area (Å²) >= 11 is 9.49. The Balaban J connectivity index is 1.97. The van der Waals surface area contributed by atoms with Crippen LogP contribution in [0.25, 0.3) is 0 Å². The molecule has 1 heterocycles. The van der Waals surface area contributed by atoms with Crippen LogP contribution in [0.4, 0.5) is 15.9 Å². The van der Waals surface area contributed by atoms with Crippen molar-refractivity contribution in [2.75, 3.05) is 5.32 Å². The summed E-state index contributed by atoms with van der Waals surface area (Å²) in [6.07, 6.45) is 2.22. The number of halogens is 3. The molecule has 1 fully saturated rings. The number of nitrogens with one attached hydrogen (secondary N) is 1. The average Bonchev–Trinajstić information content (AvgIpc) is 3.22. The first-order valence-electron chi connectivity index (χ1n) is 6.30. The molecule has 1 saturated carbocycles. The second-order valence-electron chi connectivity index (χ2n) is 4.87. The Labute approximate surface area is 129 Å². The van der Waals surface area contributed by atoms with Crippen LogP contribution in [0.1, 0.15) is 30.1 Å². The van der Waals surface area contributed by atoms with E-state index in [2.05, 4.69) is 31.2 Å². The van der Waals surface area contributed by atoms with Crippen LogP contribution in [0.5, 0.6) is 0 Å². The van der Waals surface area contributed by atoms with Crippen LogP contribution in [-0.4, -0.2) is 9.97 Å². The topological polar surface area (TPSA) is 37.8 Å². The van der Waals surface area contributed by atoms with Crippen molar-refractivity contribution in [2.24, 2.45) is 0 Å². The Morgan fingerprint density at radius 1 is 1.35 bits per heavy atom. The van der Waals surface area contributed by atoms with Gasteiger partial charge < -0.3 is 5.32 Å². The first-order chi connectivity index (χ1) is 9.54. The maximum absolute atomic E-state index is 13.1. The van der Waals surface area contributed by atoms with Crippen LogP contribution in [0.2, 0.25) is 5.15 Å². The van der Waals surface area contributed by atoms with Gasteiger partial charge in [-0.3, -0.25) is 0 Å². The second-order valence-corrected chi connectivity index (χ2v) is 6.08. The van der Waals surface area contributed by atoms with E-state index in [9.17, 15) is 4.39 Å². The van der Waals surface area contributed by atoms with Crippen LogP contribution in [0, 0.1) is 12.7 Å². The molecule has 0 bridgehead atoms. The molecule has 0 aliphatic heterocycles. The Kier molecular flexibility index (Phi) is 3.65. The fourth-order valence-electron chi connectivity index (χ4n) is 1.87. The van der Waals surface area contributed by atoms with Gasteiger partial charge in [0.2, 0.25) is 0 Å². The number of aromatic nitrogens is 2. The Morgan fingerprint density at radius 2 is 2.10 bits per heavy atom. The van der Waals surface area contributed by atoms with E-state index in [0.717, 1.165) is 29.9 Å². The van der Waals surface area contributed by atoms with Gasteiger partial charge in [0.05, 0.1) is 5.69 Å². The smallest absolute Gasteiger partial charge is 0.138 e. The second kappa shape index (κ2) is 5.30. The predicted molar refractivity (Wildman–Crippen MR) is 81.1 cm³/mol. The molecule has 3 nitrogen and oxygen atoms in total. The quantitative estimate of drug-likeness (QED) is 0.790. The first-order valence-corrected chi connectivity index (χ1v) is 7.48. The lowest BCUT2D eigenvalue weighted by Crippen LogP contribution is -2.03. The number of anilines is 2. The van der Waals surface area contributed by atoms with E-state index >= 15 is 0 Å². The van der Waals surface area contributed by atoms with Crippen molar-refractivity contribution in [3.8, 4) is 0 Å². The maximum atomic E-state index is 13.1. The molecular formula is C14H12BrClFN3. The highest BCUT2D eigenvalue weighted by atomic mass is 79.9. The molecule has 2 aromatic rings. The fraction of sp³-hybridized carbons (Fsp3) is 0.286. The van der Waals surface area contributed by atoms with Gasteiger partial charge in [0.15, 0.2) is 0 Å². The molecular weight excluding hydrogens is 345 g/mol. The molecule has 1 aromatic heterocycles. The highest BCUT2D eigenvalue weighted by molar-refractivity contribution is 9.10. The summed E-state index contributed by atoms with van der Waals surface area (Å²) in [6, 6.07) is 4.46. The van der Waals surface area contributed by atoms with Crippen molar-refractivity contribution >= 4 is 39.0 Å². The summed E-state index contributed by atoms with van der Waals surface area (Å²) in [6.45, 7) is 1.86. The lowest BCUT2D eigenvalue weighted by atomic mass is 10.2. The van der Waals surface area contributed by atoms with Crippen molar-refractivity contribution in [3.63, 3.8) is 0 Å². The van der Waals surface area contributed by atoms with E-state index < -0.39 is 0 Å². The van der Waals surface area contributed by atoms with E-state index in [0.29, 0.717) is 21.4 Å². The summed E-state index contributed by atoms with van der Waals surface area (Å²) < 4.78 is 13.7. The molecule has 1 aromatic carbocycles. The van der Waals surface area contributed by atoms with Gasteiger partial charge in [-0.1, -0.05) is 11.6 Å². The maximum Gasteiger partial charge on any atom is 0.138 e. The third-order valence-corrected chi connectivity index (χ3v) is 4.25. The Morgan fingerprint density at radius 3 is 2.75 bits per heavy atom. The predicted octanol–water partition coefficient (Wildman–Crippen LogP) is 4.96. The van der Waals surface area contributed by atoms with Crippen LogP contribution in [-0.2, 0) is 0 Å². The molecule has 0 unspecified atom stereocenters. The lowest BCUT2D eigenvalue weighted by Gasteiger charge is -2.12. The van der Waals surface area contributed by atoms with Crippen molar-refractivity contribution in [3.05, 3.63) is 45.0 Å². The van der Waals surface area contributed by atoms with Crippen molar-refractivity contribution in [2.45, 2.75) is 25.7 Å². The monoisotopic (exact) mass is 355 g/mol. The number of nitrogens with zero attached hydrogens (tertiary/aromatic N) is 2. The largest absolute Gasteiger partial charge is 0.339 e. The molecule has 1 aliphatic carbocycles. The standard InChI is InChI=1S/C14H12BrClFN3/c1-7-12(16)19-14(8-2-3-8)20-13(7)18-11-5-4-9(17)6-10(11)15/h4-6,8H,2-3H2,1H3,(H,18,19,20). The van der Waals surface area contributed by atoms with Crippen molar-refractivity contribution < 1.29 is 4.39 Å². The van der Waals surface area contributed by atoms with Crippen LogP contribution >= 0.6 is 27.5 Å². The van der Waals surface area contributed by atoms with E-state index in [1.54, 1.807) is 6.07 Å². The summed E-state index contributed by atoms with van der Waals surface area (Å²) in [5.41, 5.74) is 1.53. The minimum Gasteiger partial charge on any atom is -0.339 e. The fourth-order valence-corrected chi connectivity index (χ4v) is 2.50. The minimum atomic E-state index is -0.293. The summed E-state index contributed by atoms with van der Waals surface area (Å²) in [5, 5.41) is 3.64. The number of benzene rings is 1. The average molecular weight is 357 g/mol. The molecule has 6 heteroatoms. The number of hydrogen-bond donors (Lipinski definition) is 1. The normalized spacial score (nSPS) is 14.4. The molecule has 104 valence electrons. The van der Waals surface area contributed by atoms with Crippen molar-refractivity contribution in [1.29, 1.82) is 0 Å². The molecule has 0 radical (unpaired) electrons. The highest BCUT2D eigenvalue weighted by Gasteiger charge is 2.28. The molecule has 20 heavy (non-hydrogen) atoms. The Hall–Kier alpha value is -1.20. The van der Waals surface area contributed by atoms with Gasteiger partial charge in [-0.05, 0) is 53.9 Å². The van der Waals surface area contributed by atoms with E-state index in [1.807, 2.05) is 6.92 Å². The summed E-state index contributed by atoms with van der Waals surface area (Å²) in [5.74, 6) is 1.57. The zero-order chi connectivity index (χ0) is 14.3. The van der Waals surface area contributed by atoms with Crippen molar-refractivity contribution in [1.82, 2.24) is 9.97 Å². The molecule has 0 atom stereocenters. The third-order valence-electron chi connectivity index (χ3n) is 3.23. The molecule has 3 rings (SSSR count). The highest BCUT2D eigenvalue weighted by Crippen LogP contribution is 2.40. The van der Waals surface area contributed by atoms with Gasteiger partial charge in [0.25, 0.3) is 0 Å². The molecule has 0 amide bonds. The van der Waals surface area contributed by atoms with Crippen LogP contribution in [0.3, 0.4) is 0 Å². The molecule has 0 saturated heterocycles. The SMILES string of the molecule is Cc1c(Cl)nc(C2CC2)nc1Nc1ccc(F)cc1Br. The zero-order valence-electron chi connectivity index (χ0n) is 10.8. The number of hydrogen-bond acceptors (Lipinski definition) is 3.